The highest BCUT2D eigenvalue weighted by Crippen LogP contribution is 2.29. The molecule has 6 nitrogen and oxygen atoms in total. The van der Waals surface area contributed by atoms with Crippen molar-refractivity contribution in [2.24, 2.45) is 0 Å². The van der Waals surface area contributed by atoms with E-state index in [1.54, 1.807) is 9.80 Å². The molecule has 2 fully saturated rings. The zero-order valence-electron chi connectivity index (χ0n) is 18.4. The van der Waals surface area contributed by atoms with Crippen molar-refractivity contribution in [2.75, 3.05) is 52.4 Å². The SMILES string of the molecule is O=C(c1ccc(C(F)(F)F)cc1)N1CCN(CC2CN(C(=O)c3ccc(F)cc3)CCO2)CC1. The van der Waals surface area contributed by atoms with E-state index in [-0.39, 0.29) is 23.5 Å². The van der Waals surface area contributed by atoms with E-state index in [4.69, 9.17) is 4.74 Å². The number of hydrogen-bond donors (Lipinski definition) is 0. The third kappa shape index (κ3) is 5.74. The van der Waals surface area contributed by atoms with Crippen molar-refractivity contribution in [2.45, 2.75) is 12.3 Å². The van der Waals surface area contributed by atoms with Gasteiger partial charge in [-0.15, -0.1) is 0 Å². The zero-order valence-corrected chi connectivity index (χ0v) is 18.4. The Kier molecular flexibility index (Phi) is 7.18. The molecule has 0 aromatic heterocycles. The van der Waals surface area contributed by atoms with Crippen LogP contribution in [0.25, 0.3) is 0 Å². The standard InChI is InChI=1S/C24H25F4N3O3/c25-20-7-3-18(4-8-20)23(33)31-13-14-34-21(16-31)15-29-9-11-30(12-10-29)22(32)17-1-5-19(6-2-17)24(26,27)28/h1-8,21H,9-16H2. The second-order valence-corrected chi connectivity index (χ2v) is 8.42. The first-order chi connectivity index (χ1) is 16.2. The lowest BCUT2D eigenvalue weighted by atomic mass is 10.1. The van der Waals surface area contributed by atoms with Crippen LogP contribution in [-0.2, 0) is 10.9 Å². The molecule has 0 N–H and O–H groups in total. The second-order valence-electron chi connectivity index (χ2n) is 8.42. The van der Waals surface area contributed by atoms with Crippen molar-refractivity contribution in [1.82, 2.24) is 14.7 Å². The van der Waals surface area contributed by atoms with Crippen molar-refractivity contribution in [3.8, 4) is 0 Å². The monoisotopic (exact) mass is 479 g/mol. The quantitative estimate of drug-likeness (QED) is 0.633. The first-order valence-corrected chi connectivity index (χ1v) is 11.1. The second kappa shape index (κ2) is 10.1. The van der Waals surface area contributed by atoms with Gasteiger partial charge in [-0.2, -0.15) is 13.2 Å². The van der Waals surface area contributed by atoms with Crippen molar-refractivity contribution in [3.05, 3.63) is 71.0 Å². The molecule has 34 heavy (non-hydrogen) atoms. The Morgan fingerprint density at radius 2 is 1.38 bits per heavy atom. The molecule has 1 atom stereocenters. The summed E-state index contributed by atoms with van der Waals surface area (Å²) in [5.74, 6) is -0.856. The molecule has 0 bridgehead atoms. The lowest BCUT2D eigenvalue weighted by Crippen LogP contribution is -2.54. The van der Waals surface area contributed by atoms with E-state index in [9.17, 15) is 27.2 Å². The van der Waals surface area contributed by atoms with E-state index in [0.717, 1.165) is 12.1 Å². The highest BCUT2D eigenvalue weighted by Gasteiger charge is 2.31. The number of halogens is 4. The summed E-state index contributed by atoms with van der Waals surface area (Å²) in [7, 11) is 0. The van der Waals surface area contributed by atoms with Gasteiger partial charge in [-0.1, -0.05) is 0 Å². The van der Waals surface area contributed by atoms with Crippen molar-refractivity contribution in [1.29, 1.82) is 0 Å². The molecule has 2 aromatic carbocycles. The molecule has 0 aliphatic carbocycles. The molecule has 2 aliphatic rings. The highest BCUT2D eigenvalue weighted by atomic mass is 19.4. The summed E-state index contributed by atoms with van der Waals surface area (Å²) in [5.41, 5.74) is -0.127. The van der Waals surface area contributed by atoms with Gasteiger partial charge in [0.15, 0.2) is 0 Å². The van der Waals surface area contributed by atoms with Crippen LogP contribution in [0.4, 0.5) is 17.6 Å². The van der Waals surface area contributed by atoms with E-state index in [1.165, 1.54) is 36.4 Å². The lowest BCUT2D eigenvalue weighted by molar-refractivity contribution is -0.137. The van der Waals surface area contributed by atoms with Crippen molar-refractivity contribution < 1.29 is 31.9 Å². The van der Waals surface area contributed by atoms with Gasteiger partial charge in [-0.25, -0.2) is 4.39 Å². The first-order valence-electron chi connectivity index (χ1n) is 11.1. The van der Waals surface area contributed by atoms with Crippen LogP contribution in [-0.4, -0.2) is 85.0 Å². The summed E-state index contributed by atoms with van der Waals surface area (Å²) in [5, 5.41) is 0. The van der Waals surface area contributed by atoms with E-state index in [0.29, 0.717) is 58.0 Å². The predicted molar refractivity (Wildman–Crippen MR) is 116 cm³/mol. The molecule has 2 heterocycles. The Labute approximate surface area is 194 Å². The fourth-order valence-electron chi connectivity index (χ4n) is 4.20. The average Bonchev–Trinajstić information content (AvgIpc) is 2.84. The molecular weight excluding hydrogens is 454 g/mol. The Bertz CT molecular complexity index is 1000. The number of nitrogens with zero attached hydrogens (tertiary/aromatic N) is 3. The summed E-state index contributed by atoms with van der Waals surface area (Å²) in [6, 6.07) is 9.71. The summed E-state index contributed by atoms with van der Waals surface area (Å²) >= 11 is 0. The number of carbonyl (C=O) groups is 2. The first kappa shape index (κ1) is 24.2. The molecule has 2 aromatic rings. The molecule has 10 heteroatoms. The summed E-state index contributed by atoms with van der Waals surface area (Å²) in [4.78, 5) is 30.8. The van der Waals surface area contributed by atoms with E-state index >= 15 is 0 Å². The van der Waals surface area contributed by atoms with Gasteiger partial charge in [-0.05, 0) is 48.5 Å². The maximum Gasteiger partial charge on any atom is 0.416 e. The van der Waals surface area contributed by atoms with Crippen LogP contribution in [0.5, 0.6) is 0 Å². The van der Waals surface area contributed by atoms with Crippen LogP contribution < -0.4 is 0 Å². The van der Waals surface area contributed by atoms with Crippen LogP contribution in [0.3, 0.4) is 0 Å². The number of alkyl halides is 3. The molecule has 0 saturated carbocycles. The molecule has 2 amide bonds. The Balaban J connectivity index is 1.27. The van der Waals surface area contributed by atoms with Gasteiger partial charge in [0.25, 0.3) is 11.8 Å². The van der Waals surface area contributed by atoms with Crippen LogP contribution in [0.15, 0.2) is 48.5 Å². The number of benzene rings is 2. The Morgan fingerprint density at radius 1 is 0.824 bits per heavy atom. The van der Waals surface area contributed by atoms with Crippen molar-refractivity contribution >= 4 is 11.8 Å². The number of ether oxygens (including phenoxy) is 1. The van der Waals surface area contributed by atoms with Crippen LogP contribution in [0, 0.1) is 5.82 Å². The van der Waals surface area contributed by atoms with Gasteiger partial charge in [-0.3, -0.25) is 14.5 Å². The molecule has 0 spiro atoms. The third-order valence-corrected chi connectivity index (χ3v) is 6.10. The number of rotatable bonds is 4. The maximum atomic E-state index is 13.1. The number of amides is 2. The zero-order chi connectivity index (χ0) is 24.3. The fourth-order valence-corrected chi connectivity index (χ4v) is 4.20. The summed E-state index contributed by atoms with van der Waals surface area (Å²) in [6.07, 6.45) is -4.62. The highest BCUT2D eigenvalue weighted by molar-refractivity contribution is 5.94. The van der Waals surface area contributed by atoms with Gasteiger partial charge in [0.2, 0.25) is 0 Å². The molecule has 2 saturated heterocycles. The van der Waals surface area contributed by atoms with Crippen LogP contribution in [0.1, 0.15) is 26.3 Å². The molecule has 1 unspecified atom stereocenters. The van der Waals surface area contributed by atoms with Crippen LogP contribution in [0.2, 0.25) is 0 Å². The van der Waals surface area contributed by atoms with E-state index < -0.39 is 17.6 Å². The van der Waals surface area contributed by atoms with E-state index in [1.807, 2.05) is 0 Å². The van der Waals surface area contributed by atoms with E-state index in [2.05, 4.69) is 4.90 Å². The average molecular weight is 479 g/mol. The Morgan fingerprint density at radius 3 is 1.97 bits per heavy atom. The minimum Gasteiger partial charge on any atom is -0.373 e. The van der Waals surface area contributed by atoms with Crippen molar-refractivity contribution in [3.63, 3.8) is 0 Å². The number of carbonyl (C=O) groups excluding carboxylic acids is 2. The molecule has 182 valence electrons. The minimum atomic E-state index is -4.44. The molecule has 0 radical (unpaired) electrons. The smallest absolute Gasteiger partial charge is 0.373 e. The number of morpholine rings is 1. The topological polar surface area (TPSA) is 53.1 Å². The number of hydrogen-bond acceptors (Lipinski definition) is 4. The molecule has 2 aliphatic heterocycles. The van der Waals surface area contributed by atoms with Gasteiger partial charge in [0, 0.05) is 56.9 Å². The normalized spacial score (nSPS) is 19.8. The summed E-state index contributed by atoms with van der Waals surface area (Å²) in [6.45, 7) is 3.97. The van der Waals surface area contributed by atoms with Gasteiger partial charge in [0.05, 0.1) is 18.3 Å². The fraction of sp³-hybridized carbons (Fsp3) is 0.417. The Hall–Kier alpha value is -2.98. The maximum absolute atomic E-state index is 13.1. The summed E-state index contributed by atoms with van der Waals surface area (Å²) < 4.78 is 57.2. The minimum absolute atomic E-state index is 0.166. The largest absolute Gasteiger partial charge is 0.416 e. The van der Waals surface area contributed by atoms with Gasteiger partial charge in [0.1, 0.15) is 5.82 Å². The predicted octanol–water partition coefficient (Wildman–Crippen LogP) is 3.14. The van der Waals surface area contributed by atoms with Crippen LogP contribution >= 0.6 is 0 Å². The lowest BCUT2D eigenvalue weighted by Gasteiger charge is -2.39. The third-order valence-electron chi connectivity index (χ3n) is 6.10. The molecule has 4 rings (SSSR count). The number of piperazine rings is 1. The van der Waals surface area contributed by atoms with Gasteiger partial charge >= 0.3 is 6.18 Å². The van der Waals surface area contributed by atoms with Gasteiger partial charge < -0.3 is 14.5 Å². The molecular formula is C24H25F4N3O3.